The Kier molecular flexibility index (Phi) is 3.24. The van der Waals surface area contributed by atoms with Crippen LogP contribution in [0.2, 0.25) is 0 Å². The summed E-state index contributed by atoms with van der Waals surface area (Å²) in [5.74, 6) is -1.26. The number of carboxylic acid groups (broad SMARTS) is 1. The first-order chi connectivity index (χ1) is 8.08. The molecule has 0 fully saturated rings. The molecule has 0 saturated carbocycles. The summed E-state index contributed by atoms with van der Waals surface area (Å²) in [6, 6.07) is 6.12. The minimum absolute atomic E-state index is 0.335. The van der Waals surface area contributed by atoms with Crippen LogP contribution in [0.3, 0.4) is 0 Å². The van der Waals surface area contributed by atoms with Crippen molar-refractivity contribution in [1.29, 1.82) is 0 Å². The maximum atomic E-state index is 13.1. The zero-order valence-corrected chi connectivity index (χ0v) is 9.61. The summed E-state index contributed by atoms with van der Waals surface area (Å²) in [6.45, 7) is 1.20. The van der Waals surface area contributed by atoms with Gasteiger partial charge in [0.05, 0.1) is 5.57 Å². The van der Waals surface area contributed by atoms with Gasteiger partial charge in [0.15, 0.2) is 0 Å². The van der Waals surface area contributed by atoms with Crippen LogP contribution in [0.25, 0.3) is 5.57 Å². The van der Waals surface area contributed by atoms with Crippen molar-refractivity contribution in [2.45, 2.75) is 6.42 Å². The van der Waals surface area contributed by atoms with Crippen molar-refractivity contribution in [3.05, 3.63) is 41.2 Å². The molecule has 0 atom stereocenters. The molecule has 0 radical (unpaired) electrons. The lowest BCUT2D eigenvalue weighted by atomic mass is 9.93. The van der Waals surface area contributed by atoms with Gasteiger partial charge in [-0.3, -0.25) is 0 Å². The number of aliphatic carboxylic acids is 1. The molecule has 17 heavy (non-hydrogen) atoms. The van der Waals surface area contributed by atoms with Crippen LogP contribution in [-0.2, 0) is 4.79 Å². The molecular formula is C13H14FNO2. The fourth-order valence-corrected chi connectivity index (χ4v) is 2.09. The average Bonchev–Trinajstić information content (AvgIpc) is 2.28. The van der Waals surface area contributed by atoms with Crippen molar-refractivity contribution < 1.29 is 14.3 Å². The number of carbonyl (C=O) groups is 1. The fourth-order valence-electron chi connectivity index (χ4n) is 2.09. The van der Waals surface area contributed by atoms with Crippen molar-refractivity contribution in [1.82, 2.24) is 4.90 Å². The van der Waals surface area contributed by atoms with Crippen molar-refractivity contribution in [3.8, 4) is 0 Å². The number of benzene rings is 1. The summed E-state index contributed by atoms with van der Waals surface area (Å²) < 4.78 is 13.1. The second-order valence-electron chi connectivity index (χ2n) is 4.26. The van der Waals surface area contributed by atoms with Crippen LogP contribution in [0, 0.1) is 5.82 Å². The molecule has 1 aromatic carbocycles. The van der Waals surface area contributed by atoms with Gasteiger partial charge in [0.1, 0.15) is 5.82 Å². The van der Waals surface area contributed by atoms with E-state index >= 15 is 0 Å². The number of hydrogen-bond acceptors (Lipinski definition) is 2. The molecule has 2 rings (SSSR count). The number of likely N-dealkylation sites (N-methyl/N-ethyl adjacent to an activating group) is 1. The van der Waals surface area contributed by atoms with Crippen LogP contribution in [0.1, 0.15) is 12.0 Å². The number of halogens is 1. The van der Waals surface area contributed by atoms with E-state index in [1.54, 1.807) is 12.1 Å². The topological polar surface area (TPSA) is 40.5 Å². The maximum Gasteiger partial charge on any atom is 0.333 e. The maximum absolute atomic E-state index is 13.1. The van der Waals surface area contributed by atoms with E-state index in [4.69, 9.17) is 0 Å². The highest BCUT2D eigenvalue weighted by Gasteiger charge is 2.22. The third-order valence-corrected chi connectivity index (χ3v) is 2.97. The minimum atomic E-state index is -0.921. The quantitative estimate of drug-likeness (QED) is 0.852. The standard InChI is InChI=1S/C13H14FNO2/c1-15-6-5-11(12(8-15)13(16)17)9-3-2-4-10(14)7-9/h2-4,7H,5-6,8H2,1H3,(H,16,17). The molecule has 1 aliphatic rings. The van der Waals surface area contributed by atoms with Crippen LogP contribution >= 0.6 is 0 Å². The Morgan fingerprint density at radius 3 is 2.88 bits per heavy atom. The largest absolute Gasteiger partial charge is 0.478 e. The molecule has 1 aliphatic heterocycles. The van der Waals surface area contributed by atoms with Crippen molar-refractivity contribution in [3.63, 3.8) is 0 Å². The van der Waals surface area contributed by atoms with Gasteiger partial charge < -0.3 is 10.0 Å². The Morgan fingerprint density at radius 1 is 1.47 bits per heavy atom. The van der Waals surface area contributed by atoms with E-state index in [1.807, 2.05) is 11.9 Å². The van der Waals surface area contributed by atoms with E-state index in [0.717, 1.165) is 12.1 Å². The van der Waals surface area contributed by atoms with Crippen molar-refractivity contribution >= 4 is 11.5 Å². The molecule has 0 spiro atoms. The Morgan fingerprint density at radius 2 is 2.24 bits per heavy atom. The molecule has 0 aliphatic carbocycles. The predicted octanol–water partition coefficient (Wildman–Crippen LogP) is 2.00. The summed E-state index contributed by atoms with van der Waals surface area (Å²) >= 11 is 0. The van der Waals surface area contributed by atoms with Gasteiger partial charge in [-0.25, -0.2) is 9.18 Å². The van der Waals surface area contributed by atoms with E-state index in [2.05, 4.69) is 0 Å². The van der Waals surface area contributed by atoms with Crippen LogP contribution in [0.15, 0.2) is 29.8 Å². The molecule has 0 saturated heterocycles. The second-order valence-corrected chi connectivity index (χ2v) is 4.26. The van der Waals surface area contributed by atoms with Gasteiger partial charge in [-0.05, 0) is 36.7 Å². The molecule has 0 unspecified atom stereocenters. The highest BCUT2D eigenvalue weighted by molar-refractivity contribution is 5.97. The SMILES string of the molecule is CN1CCC(c2cccc(F)c2)=C(C(=O)O)C1. The summed E-state index contributed by atoms with van der Waals surface area (Å²) in [4.78, 5) is 13.1. The Balaban J connectivity index is 2.46. The monoisotopic (exact) mass is 235 g/mol. The lowest BCUT2D eigenvalue weighted by molar-refractivity contribution is -0.132. The first kappa shape index (κ1) is 11.8. The molecular weight excluding hydrogens is 221 g/mol. The number of nitrogens with zero attached hydrogens (tertiary/aromatic N) is 1. The molecule has 1 heterocycles. The first-order valence-corrected chi connectivity index (χ1v) is 5.47. The summed E-state index contributed by atoms with van der Waals surface area (Å²) in [6.07, 6.45) is 0.640. The molecule has 1 N–H and O–H groups in total. The average molecular weight is 235 g/mol. The summed E-state index contributed by atoms with van der Waals surface area (Å²) in [5, 5.41) is 9.18. The van der Waals surface area contributed by atoms with Gasteiger partial charge in [-0.2, -0.15) is 0 Å². The van der Waals surface area contributed by atoms with Crippen LogP contribution in [-0.4, -0.2) is 36.1 Å². The molecule has 0 bridgehead atoms. The first-order valence-electron chi connectivity index (χ1n) is 5.47. The highest BCUT2D eigenvalue weighted by atomic mass is 19.1. The molecule has 0 amide bonds. The van der Waals surface area contributed by atoms with E-state index in [-0.39, 0.29) is 5.82 Å². The van der Waals surface area contributed by atoms with Gasteiger partial charge >= 0.3 is 5.97 Å². The van der Waals surface area contributed by atoms with Crippen molar-refractivity contribution in [2.24, 2.45) is 0 Å². The van der Waals surface area contributed by atoms with Gasteiger partial charge in [0, 0.05) is 13.1 Å². The minimum Gasteiger partial charge on any atom is -0.478 e. The third-order valence-electron chi connectivity index (χ3n) is 2.97. The molecule has 1 aromatic rings. The Hall–Kier alpha value is -1.68. The Labute approximate surface area is 99.2 Å². The third kappa shape index (κ3) is 2.53. The lowest BCUT2D eigenvalue weighted by Crippen LogP contribution is -2.30. The van der Waals surface area contributed by atoms with E-state index in [1.165, 1.54) is 12.1 Å². The van der Waals surface area contributed by atoms with Gasteiger partial charge in [-0.15, -0.1) is 0 Å². The van der Waals surface area contributed by atoms with Gasteiger partial charge in [0.25, 0.3) is 0 Å². The normalized spacial score (nSPS) is 17.3. The van der Waals surface area contributed by atoms with Crippen molar-refractivity contribution in [2.75, 3.05) is 20.1 Å². The summed E-state index contributed by atoms with van der Waals surface area (Å²) in [5.41, 5.74) is 1.79. The molecule has 3 nitrogen and oxygen atoms in total. The van der Waals surface area contributed by atoms with E-state index < -0.39 is 5.97 Å². The Bertz CT molecular complexity index is 482. The smallest absolute Gasteiger partial charge is 0.333 e. The van der Waals surface area contributed by atoms with E-state index in [0.29, 0.717) is 24.1 Å². The summed E-state index contributed by atoms with van der Waals surface area (Å²) in [7, 11) is 1.88. The second kappa shape index (κ2) is 4.67. The van der Waals surface area contributed by atoms with Gasteiger partial charge in [-0.1, -0.05) is 12.1 Å². The number of hydrogen-bond donors (Lipinski definition) is 1. The predicted molar refractivity (Wildman–Crippen MR) is 63.1 cm³/mol. The van der Waals surface area contributed by atoms with Crippen LogP contribution in [0.5, 0.6) is 0 Å². The molecule has 0 aromatic heterocycles. The zero-order valence-electron chi connectivity index (χ0n) is 9.61. The van der Waals surface area contributed by atoms with Crippen LogP contribution < -0.4 is 0 Å². The number of rotatable bonds is 2. The number of carboxylic acids is 1. The molecule has 4 heteroatoms. The zero-order chi connectivity index (χ0) is 12.4. The van der Waals surface area contributed by atoms with Gasteiger partial charge in [0.2, 0.25) is 0 Å². The lowest BCUT2D eigenvalue weighted by Gasteiger charge is -2.26. The van der Waals surface area contributed by atoms with E-state index in [9.17, 15) is 14.3 Å². The highest BCUT2D eigenvalue weighted by Crippen LogP contribution is 2.27. The fraction of sp³-hybridized carbons (Fsp3) is 0.308. The molecule has 90 valence electrons. The van der Waals surface area contributed by atoms with Crippen LogP contribution in [0.4, 0.5) is 4.39 Å².